The van der Waals surface area contributed by atoms with E-state index >= 15 is 0 Å². The van der Waals surface area contributed by atoms with Crippen LogP contribution in [0, 0.1) is 0 Å². The molecule has 1 unspecified atom stereocenters. The lowest BCUT2D eigenvalue weighted by molar-refractivity contribution is 0.0976. The molecule has 0 fully saturated rings. The lowest BCUT2D eigenvalue weighted by Gasteiger charge is -2.22. The van der Waals surface area contributed by atoms with E-state index in [1.165, 1.54) is 5.56 Å². The average molecular weight is 311 g/mol. The molecule has 1 aliphatic rings. The van der Waals surface area contributed by atoms with E-state index in [9.17, 15) is 4.79 Å². The highest BCUT2D eigenvalue weighted by atomic mass is 16.5. The Morgan fingerprint density at radius 3 is 3.04 bits per heavy atom. The van der Waals surface area contributed by atoms with Crippen molar-refractivity contribution in [1.82, 2.24) is 4.98 Å². The molecule has 23 heavy (non-hydrogen) atoms. The van der Waals surface area contributed by atoms with Crippen LogP contribution in [0.2, 0.25) is 0 Å². The molecule has 0 aliphatic carbocycles. The van der Waals surface area contributed by atoms with Gasteiger partial charge in [-0.05, 0) is 37.1 Å². The van der Waals surface area contributed by atoms with Crippen molar-refractivity contribution in [3.05, 3.63) is 53.9 Å². The van der Waals surface area contributed by atoms with Gasteiger partial charge in [0, 0.05) is 37.3 Å². The Morgan fingerprint density at radius 2 is 2.22 bits per heavy atom. The van der Waals surface area contributed by atoms with Crippen molar-refractivity contribution in [2.75, 3.05) is 30.5 Å². The number of rotatable bonds is 5. The van der Waals surface area contributed by atoms with Crippen molar-refractivity contribution in [1.29, 1.82) is 0 Å². The topological polar surface area (TPSA) is 54.5 Å². The van der Waals surface area contributed by atoms with Gasteiger partial charge in [-0.3, -0.25) is 9.78 Å². The molecule has 0 saturated carbocycles. The highest BCUT2D eigenvalue weighted by Gasteiger charge is 2.31. The summed E-state index contributed by atoms with van der Waals surface area (Å²) in [7, 11) is 1.66. The molecule has 1 amide bonds. The fourth-order valence-electron chi connectivity index (χ4n) is 2.95. The van der Waals surface area contributed by atoms with E-state index in [1.54, 1.807) is 19.4 Å². The average Bonchev–Trinajstić information content (AvgIpc) is 2.90. The van der Waals surface area contributed by atoms with Crippen molar-refractivity contribution >= 4 is 17.3 Å². The largest absolute Gasteiger partial charge is 0.383 e. The summed E-state index contributed by atoms with van der Waals surface area (Å²) in [6.45, 7) is 3.37. The summed E-state index contributed by atoms with van der Waals surface area (Å²) in [4.78, 5) is 19.0. The van der Waals surface area contributed by atoms with E-state index in [1.807, 2.05) is 29.2 Å². The minimum atomic E-state index is -0.0576. The van der Waals surface area contributed by atoms with Gasteiger partial charge in [0.05, 0.1) is 6.61 Å². The number of ether oxygens (including phenoxy) is 1. The first-order valence-electron chi connectivity index (χ1n) is 7.81. The summed E-state index contributed by atoms with van der Waals surface area (Å²) >= 11 is 0. The molecular formula is C18H21N3O2. The van der Waals surface area contributed by atoms with Gasteiger partial charge in [-0.2, -0.15) is 0 Å². The number of hydrogen-bond donors (Lipinski definition) is 1. The molecule has 1 N–H and O–H groups in total. The van der Waals surface area contributed by atoms with Gasteiger partial charge in [0.25, 0.3) is 5.91 Å². The second kappa shape index (κ2) is 6.79. The Kier molecular flexibility index (Phi) is 4.57. The second-order valence-corrected chi connectivity index (χ2v) is 5.71. The predicted molar refractivity (Wildman–Crippen MR) is 91.0 cm³/mol. The van der Waals surface area contributed by atoms with Crippen LogP contribution in [0.4, 0.5) is 11.4 Å². The number of anilines is 2. The van der Waals surface area contributed by atoms with Crippen molar-refractivity contribution in [2.45, 2.75) is 19.4 Å². The summed E-state index contributed by atoms with van der Waals surface area (Å²) in [6, 6.07) is 11.9. The third-order valence-corrected chi connectivity index (χ3v) is 4.04. The third-order valence-electron chi connectivity index (χ3n) is 4.04. The molecule has 2 heterocycles. The highest BCUT2D eigenvalue weighted by Crippen LogP contribution is 2.32. The summed E-state index contributed by atoms with van der Waals surface area (Å²) in [5.74, 6) is -0.0576. The number of para-hydroxylation sites is 1. The van der Waals surface area contributed by atoms with E-state index in [4.69, 9.17) is 4.74 Å². The summed E-state index contributed by atoms with van der Waals surface area (Å²) in [6.07, 6.45) is 2.54. The molecule has 5 nitrogen and oxygen atoms in total. The van der Waals surface area contributed by atoms with Gasteiger partial charge in [-0.1, -0.05) is 18.2 Å². The van der Waals surface area contributed by atoms with Crippen molar-refractivity contribution in [3.63, 3.8) is 0 Å². The summed E-state index contributed by atoms with van der Waals surface area (Å²) in [5.41, 5.74) is 3.53. The minimum absolute atomic E-state index is 0.0576. The fraction of sp³-hybridized carbons (Fsp3) is 0.333. The molecule has 0 radical (unpaired) electrons. The molecule has 0 saturated heterocycles. The van der Waals surface area contributed by atoms with Gasteiger partial charge in [0.2, 0.25) is 0 Å². The maximum Gasteiger partial charge on any atom is 0.277 e. The predicted octanol–water partition coefficient (Wildman–Crippen LogP) is 2.73. The zero-order valence-electron chi connectivity index (χ0n) is 13.5. The number of nitrogens with zero attached hydrogens (tertiary/aromatic N) is 2. The number of hydrogen-bond acceptors (Lipinski definition) is 4. The van der Waals surface area contributed by atoms with Gasteiger partial charge in [-0.15, -0.1) is 0 Å². The number of benzene rings is 1. The summed E-state index contributed by atoms with van der Waals surface area (Å²) < 4.78 is 5.02. The molecule has 5 heteroatoms. The SMILES string of the molecule is COCCNc1ccnc(C(=O)N2c3ccccc3CC2C)c1. The van der Waals surface area contributed by atoms with Gasteiger partial charge >= 0.3 is 0 Å². The number of fused-ring (bicyclic) bond motifs is 1. The molecule has 1 atom stereocenters. The lowest BCUT2D eigenvalue weighted by Crippen LogP contribution is -2.36. The van der Waals surface area contributed by atoms with Crippen LogP contribution in [0.15, 0.2) is 42.6 Å². The molecule has 0 spiro atoms. The Labute approximate surface area is 136 Å². The fourth-order valence-corrected chi connectivity index (χ4v) is 2.95. The van der Waals surface area contributed by atoms with Crippen LogP contribution >= 0.6 is 0 Å². The van der Waals surface area contributed by atoms with Crippen LogP contribution in [0.25, 0.3) is 0 Å². The smallest absolute Gasteiger partial charge is 0.277 e. The number of nitrogens with one attached hydrogen (secondary N) is 1. The zero-order valence-corrected chi connectivity index (χ0v) is 13.5. The number of carbonyl (C=O) groups is 1. The molecular weight excluding hydrogens is 290 g/mol. The first-order chi connectivity index (χ1) is 11.2. The van der Waals surface area contributed by atoms with E-state index in [0.717, 1.165) is 17.8 Å². The monoisotopic (exact) mass is 311 g/mol. The maximum absolute atomic E-state index is 12.9. The van der Waals surface area contributed by atoms with Crippen molar-refractivity contribution < 1.29 is 9.53 Å². The van der Waals surface area contributed by atoms with Gasteiger partial charge in [-0.25, -0.2) is 0 Å². The quantitative estimate of drug-likeness (QED) is 0.863. The number of methoxy groups -OCH3 is 1. The van der Waals surface area contributed by atoms with Crippen LogP contribution in [0.5, 0.6) is 0 Å². The Bertz CT molecular complexity index is 702. The van der Waals surface area contributed by atoms with Crippen LogP contribution in [-0.2, 0) is 11.2 Å². The number of carbonyl (C=O) groups excluding carboxylic acids is 1. The van der Waals surface area contributed by atoms with Crippen LogP contribution in [0.1, 0.15) is 23.0 Å². The highest BCUT2D eigenvalue weighted by molar-refractivity contribution is 6.06. The maximum atomic E-state index is 12.9. The summed E-state index contributed by atoms with van der Waals surface area (Å²) in [5, 5.41) is 3.23. The zero-order chi connectivity index (χ0) is 16.2. The number of amides is 1. The third kappa shape index (κ3) is 3.19. The molecule has 2 aromatic rings. The number of pyridine rings is 1. The molecule has 1 aliphatic heterocycles. The Balaban J connectivity index is 1.82. The van der Waals surface area contributed by atoms with Crippen LogP contribution in [-0.4, -0.2) is 37.2 Å². The molecule has 120 valence electrons. The number of aromatic nitrogens is 1. The minimum Gasteiger partial charge on any atom is -0.383 e. The van der Waals surface area contributed by atoms with E-state index in [-0.39, 0.29) is 11.9 Å². The van der Waals surface area contributed by atoms with Crippen LogP contribution < -0.4 is 10.2 Å². The second-order valence-electron chi connectivity index (χ2n) is 5.71. The van der Waals surface area contributed by atoms with Gasteiger partial charge in [0.15, 0.2) is 0 Å². The first-order valence-corrected chi connectivity index (χ1v) is 7.81. The normalized spacial score (nSPS) is 16.3. The standard InChI is InChI=1S/C18H21N3O2/c1-13-11-14-5-3-4-6-17(14)21(13)18(22)16-12-15(7-8-20-16)19-9-10-23-2/h3-8,12-13H,9-11H2,1-2H3,(H,19,20). The van der Waals surface area contributed by atoms with Crippen molar-refractivity contribution in [2.24, 2.45) is 0 Å². The van der Waals surface area contributed by atoms with Crippen LogP contribution in [0.3, 0.4) is 0 Å². The first kappa shape index (κ1) is 15.5. The van der Waals surface area contributed by atoms with E-state index < -0.39 is 0 Å². The Morgan fingerprint density at radius 1 is 1.39 bits per heavy atom. The Hall–Kier alpha value is -2.40. The molecule has 0 bridgehead atoms. The van der Waals surface area contributed by atoms with E-state index in [2.05, 4.69) is 23.3 Å². The van der Waals surface area contributed by atoms with E-state index in [0.29, 0.717) is 18.8 Å². The lowest BCUT2D eigenvalue weighted by atomic mass is 10.1. The molecule has 3 rings (SSSR count). The molecule has 1 aromatic heterocycles. The van der Waals surface area contributed by atoms with Crippen molar-refractivity contribution in [3.8, 4) is 0 Å². The van der Waals surface area contributed by atoms with Gasteiger partial charge < -0.3 is 15.0 Å². The van der Waals surface area contributed by atoms with Gasteiger partial charge in [0.1, 0.15) is 5.69 Å². The molecule has 1 aromatic carbocycles.